The van der Waals surface area contributed by atoms with Gasteiger partial charge in [0.1, 0.15) is 22.3 Å². The highest BCUT2D eigenvalue weighted by Gasteiger charge is 2.28. The second kappa shape index (κ2) is 20.8. The lowest BCUT2D eigenvalue weighted by Gasteiger charge is -2.35. The van der Waals surface area contributed by atoms with Gasteiger partial charge in [-0.05, 0) is 128 Å². The minimum atomic E-state index is -0.471. The first kappa shape index (κ1) is 48.5. The van der Waals surface area contributed by atoms with E-state index in [9.17, 15) is 8.78 Å². The van der Waals surface area contributed by atoms with Gasteiger partial charge in [0.25, 0.3) is 0 Å². The van der Waals surface area contributed by atoms with Gasteiger partial charge in [-0.25, -0.2) is 19.9 Å². The van der Waals surface area contributed by atoms with Gasteiger partial charge < -0.3 is 39.8 Å². The van der Waals surface area contributed by atoms with Crippen molar-refractivity contribution in [2.75, 3.05) is 75.2 Å². The lowest BCUT2D eigenvalue weighted by molar-refractivity contribution is 0.249. The summed E-state index contributed by atoms with van der Waals surface area (Å²) in [4.78, 5) is 34.2. The SMILES string of the molecule is C.CN(C)C1CCN(c2ccc(Cl)nn2)CC1.CN(C)C1CCN(c2ccc(Nc3ncc4c5ccnc(F)c5n(CC5CC5)c4n3)nn2)CC1.Nc1ncc2c3ccnc(F)c3n(CC3CC3)c2n1. The minimum Gasteiger partial charge on any atom is -0.368 e. The summed E-state index contributed by atoms with van der Waals surface area (Å²) in [6.45, 7) is 5.53. The Morgan fingerprint density at radius 1 is 0.600 bits per heavy atom. The van der Waals surface area contributed by atoms with E-state index in [-0.39, 0.29) is 13.4 Å². The van der Waals surface area contributed by atoms with Gasteiger partial charge in [0.2, 0.25) is 23.8 Å². The second-order valence-corrected chi connectivity index (χ2v) is 19.4. The number of nitrogen functional groups attached to an aromatic ring is 1. The average molecular weight is 976 g/mol. The van der Waals surface area contributed by atoms with Crippen molar-refractivity contribution in [3.05, 3.63) is 78.2 Å². The molecule has 18 nitrogen and oxygen atoms in total. The molecular weight excluding hydrogens is 914 g/mol. The molecule has 2 aliphatic carbocycles. The molecule has 368 valence electrons. The van der Waals surface area contributed by atoms with Gasteiger partial charge in [-0.2, -0.15) is 18.7 Å². The van der Waals surface area contributed by atoms with Crippen LogP contribution in [0, 0.1) is 23.7 Å². The molecule has 12 rings (SSSR count). The number of hydrogen-bond acceptors (Lipinski definition) is 16. The molecule has 0 bridgehead atoms. The third-order valence-electron chi connectivity index (χ3n) is 13.8. The van der Waals surface area contributed by atoms with Crippen LogP contribution < -0.4 is 20.9 Å². The Kier molecular flexibility index (Phi) is 14.4. The summed E-state index contributed by atoms with van der Waals surface area (Å²) in [6.07, 6.45) is 15.6. The van der Waals surface area contributed by atoms with Crippen molar-refractivity contribution in [3.63, 3.8) is 0 Å². The molecule has 4 fully saturated rings. The van der Waals surface area contributed by atoms with Crippen LogP contribution in [0.5, 0.6) is 0 Å². The van der Waals surface area contributed by atoms with Crippen molar-refractivity contribution >= 4 is 84.8 Å². The molecule has 2 aliphatic heterocycles. The molecule has 10 heterocycles. The van der Waals surface area contributed by atoms with E-state index in [0.717, 1.165) is 98.1 Å². The quantitative estimate of drug-likeness (QED) is 0.125. The molecule has 0 atom stereocenters. The molecule has 0 spiro atoms. The van der Waals surface area contributed by atoms with Crippen molar-refractivity contribution in [2.45, 2.75) is 84.0 Å². The van der Waals surface area contributed by atoms with Crippen LogP contribution in [0.3, 0.4) is 0 Å². The van der Waals surface area contributed by atoms with Crippen molar-refractivity contribution in [3.8, 4) is 0 Å². The number of hydrogen-bond donors (Lipinski definition) is 2. The molecule has 8 aromatic heterocycles. The lowest BCUT2D eigenvalue weighted by atomic mass is 10.0. The number of pyridine rings is 2. The summed E-state index contributed by atoms with van der Waals surface area (Å²) in [5.74, 6) is 3.24. The first-order valence-electron chi connectivity index (χ1n) is 23.7. The number of fused-ring (bicyclic) bond motifs is 6. The zero-order valence-electron chi connectivity index (χ0n) is 39.3. The normalized spacial score (nSPS) is 16.7. The Morgan fingerprint density at radius 2 is 1.09 bits per heavy atom. The van der Waals surface area contributed by atoms with Crippen LogP contribution in [0.4, 0.5) is 38.1 Å². The highest BCUT2D eigenvalue weighted by Crippen LogP contribution is 2.37. The first-order valence-corrected chi connectivity index (χ1v) is 24.1. The topological polar surface area (TPSA) is 190 Å². The largest absolute Gasteiger partial charge is 0.368 e. The average Bonchev–Trinajstić information content (AvgIpc) is 4.30. The van der Waals surface area contributed by atoms with Crippen LogP contribution in [0.25, 0.3) is 43.9 Å². The number of nitrogens with two attached hydrogens (primary N) is 1. The van der Waals surface area contributed by atoms with Crippen LogP contribution in [0.1, 0.15) is 58.8 Å². The smallest absolute Gasteiger partial charge is 0.237 e. The number of halogens is 3. The summed E-state index contributed by atoms with van der Waals surface area (Å²) in [5, 5.41) is 23.6. The third kappa shape index (κ3) is 10.6. The van der Waals surface area contributed by atoms with Gasteiger partial charge in [-0.3, -0.25) is 0 Å². The molecule has 8 aromatic rings. The van der Waals surface area contributed by atoms with Crippen molar-refractivity contribution in [1.82, 2.24) is 69.2 Å². The fourth-order valence-corrected chi connectivity index (χ4v) is 9.58. The van der Waals surface area contributed by atoms with Crippen LogP contribution in [0.2, 0.25) is 5.15 Å². The van der Waals surface area contributed by atoms with Crippen molar-refractivity contribution in [1.29, 1.82) is 0 Å². The monoisotopic (exact) mass is 974 g/mol. The predicted molar refractivity (Wildman–Crippen MR) is 272 cm³/mol. The van der Waals surface area contributed by atoms with E-state index < -0.39 is 11.9 Å². The molecule has 3 N–H and O–H groups in total. The van der Waals surface area contributed by atoms with Crippen LogP contribution >= 0.6 is 11.6 Å². The Morgan fingerprint density at radius 3 is 1.54 bits per heavy atom. The lowest BCUT2D eigenvalue weighted by Crippen LogP contribution is -2.42. The minimum absolute atomic E-state index is 0. The Bertz CT molecular complexity index is 3050. The molecule has 21 heteroatoms. The van der Waals surface area contributed by atoms with Crippen molar-refractivity contribution < 1.29 is 8.78 Å². The first-order chi connectivity index (χ1) is 33.5. The summed E-state index contributed by atoms with van der Waals surface area (Å²) in [7, 11) is 8.56. The maximum absolute atomic E-state index is 14.6. The number of aromatic nitrogens is 12. The number of nitrogens with one attached hydrogen (secondary N) is 1. The van der Waals surface area contributed by atoms with E-state index in [1.54, 1.807) is 24.5 Å². The molecule has 0 aromatic carbocycles. The fourth-order valence-electron chi connectivity index (χ4n) is 9.48. The molecule has 0 amide bonds. The Labute approximate surface area is 410 Å². The summed E-state index contributed by atoms with van der Waals surface area (Å²) in [6, 6.07) is 12.5. The van der Waals surface area contributed by atoms with Crippen molar-refractivity contribution in [2.24, 2.45) is 11.8 Å². The molecule has 0 radical (unpaired) electrons. The van der Waals surface area contributed by atoms with Gasteiger partial charge in [0, 0.05) is 97.7 Å². The zero-order chi connectivity index (χ0) is 47.8. The summed E-state index contributed by atoms with van der Waals surface area (Å²) < 4.78 is 32.5. The summed E-state index contributed by atoms with van der Waals surface area (Å²) in [5.41, 5.74) is 8.06. The molecule has 0 unspecified atom stereocenters. The standard InChI is InChI=1S/C24H28FN9.C13H12FN5.C11H17ClN4.CH4/c1-32(2)16-8-11-33(12-9-16)20-6-5-19(30-31-20)28-24-27-13-18-17-7-10-26-22(25)21(17)34(23(18)29-24)14-15-3-4-15;14-11-10-8(3-4-16-11)9-5-17-13(15)18-12(9)19(10)6-7-1-2-7;1-15(2)9-5-7-16(8-6-9)11-4-3-10(12)13-14-11;/h5-7,10,13,15-16H,3-4,8-9,11-12,14H2,1-2H3,(H,27,28,29,30);3-5,7H,1-2,6H2,(H2,15,17,18);3-4,9H,5-8H2,1-2H3;1H4. The molecule has 2 saturated heterocycles. The van der Waals surface area contributed by atoms with E-state index >= 15 is 0 Å². The van der Waals surface area contributed by atoms with Gasteiger partial charge in [0.05, 0.1) is 0 Å². The van der Waals surface area contributed by atoms with E-state index in [0.29, 0.717) is 63.2 Å². The van der Waals surface area contributed by atoms with E-state index in [4.69, 9.17) is 22.3 Å². The molecular formula is C49H61ClF2N18. The second-order valence-electron chi connectivity index (χ2n) is 19.0. The van der Waals surface area contributed by atoms with Crippen LogP contribution in [-0.4, -0.2) is 136 Å². The molecule has 70 heavy (non-hydrogen) atoms. The van der Waals surface area contributed by atoms with E-state index in [1.165, 1.54) is 38.1 Å². The van der Waals surface area contributed by atoms with E-state index in [2.05, 4.69) is 98.4 Å². The molecule has 2 saturated carbocycles. The molecule has 4 aliphatic rings. The van der Waals surface area contributed by atoms with Gasteiger partial charge in [-0.1, -0.05) is 19.0 Å². The van der Waals surface area contributed by atoms with Gasteiger partial charge in [-0.15, -0.1) is 20.4 Å². The fraction of sp³-hybridized carbons (Fsp3) is 0.469. The summed E-state index contributed by atoms with van der Waals surface area (Å²) >= 11 is 5.72. The maximum atomic E-state index is 14.6. The van der Waals surface area contributed by atoms with Gasteiger partial charge in [0.15, 0.2) is 22.6 Å². The van der Waals surface area contributed by atoms with E-state index in [1.807, 2.05) is 33.4 Å². The van der Waals surface area contributed by atoms with Crippen LogP contribution in [-0.2, 0) is 13.1 Å². The Hall–Kier alpha value is -6.51. The highest BCUT2D eigenvalue weighted by atomic mass is 35.5. The number of rotatable bonds is 10. The number of piperidine rings is 2. The maximum Gasteiger partial charge on any atom is 0.237 e. The Balaban J connectivity index is 0.000000143. The van der Waals surface area contributed by atoms with Gasteiger partial charge >= 0.3 is 0 Å². The highest BCUT2D eigenvalue weighted by molar-refractivity contribution is 6.29. The van der Waals surface area contributed by atoms with Crippen LogP contribution in [0.15, 0.2) is 61.2 Å². The number of nitrogens with zero attached hydrogens (tertiary/aromatic N) is 16. The predicted octanol–water partition coefficient (Wildman–Crippen LogP) is 8.00. The number of anilines is 5. The third-order valence-corrected chi connectivity index (χ3v) is 14.0. The zero-order valence-corrected chi connectivity index (χ0v) is 40.1.